The average molecular weight is 364 g/mol. The first-order valence-corrected chi connectivity index (χ1v) is 9.77. The van der Waals surface area contributed by atoms with Crippen molar-refractivity contribution in [3.8, 4) is 0 Å². The summed E-state index contributed by atoms with van der Waals surface area (Å²) in [5.41, 5.74) is -0.333. The van der Waals surface area contributed by atoms with E-state index in [1.54, 1.807) is 7.11 Å². The number of tetrazole rings is 1. The second kappa shape index (κ2) is 8.43. The molecule has 0 bridgehead atoms. The molecule has 3 rings (SSSR count). The zero-order chi connectivity index (χ0) is 18.6. The van der Waals surface area contributed by atoms with Crippen molar-refractivity contribution in [1.82, 2.24) is 30.0 Å². The Kier molecular flexibility index (Phi) is 6.24. The fourth-order valence-electron chi connectivity index (χ4n) is 4.41. The molecule has 8 nitrogen and oxygen atoms in total. The second-order valence-electron chi connectivity index (χ2n) is 7.90. The predicted octanol–water partition coefficient (Wildman–Crippen LogP) is 1.28. The molecule has 1 saturated carbocycles. The van der Waals surface area contributed by atoms with Crippen molar-refractivity contribution in [2.75, 3.05) is 40.9 Å². The van der Waals surface area contributed by atoms with Gasteiger partial charge in [0.2, 0.25) is 5.91 Å². The Morgan fingerprint density at radius 2 is 2.12 bits per heavy atom. The van der Waals surface area contributed by atoms with E-state index < -0.39 is 0 Å². The van der Waals surface area contributed by atoms with E-state index in [9.17, 15) is 4.79 Å². The minimum Gasteiger partial charge on any atom is -0.383 e. The van der Waals surface area contributed by atoms with E-state index >= 15 is 0 Å². The molecular formula is C18H32N6O2. The third-order valence-electron chi connectivity index (χ3n) is 6.15. The summed E-state index contributed by atoms with van der Waals surface area (Å²) in [4.78, 5) is 16.9. The van der Waals surface area contributed by atoms with Crippen LogP contribution < -0.4 is 0 Å². The molecule has 146 valence electrons. The van der Waals surface area contributed by atoms with E-state index in [1.807, 2.05) is 23.7 Å². The number of hydrogen-bond acceptors (Lipinski definition) is 6. The number of carbonyl (C=O) groups is 1. The summed E-state index contributed by atoms with van der Waals surface area (Å²) in [7, 11) is 5.76. The Morgan fingerprint density at radius 3 is 2.81 bits per heavy atom. The van der Waals surface area contributed by atoms with Crippen LogP contribution in [0.5, 0.6) is 0 Å². The van der Waals surface area contributed by atoms with Gasteiger partial charge in [0, 0.05) is 26.6 Å². The molecule has 1 saturated heterocycles. The molecule has 2 fully saturated rings. The summed E-state index contributed by atoms with van der Waals surface area (Å²) in [5, 5.41) is 12.3. The maximum absolute atomic E-state index is 12.8. The van der Waals surface area contributed by atoms with Crippen molar-refractivity contribution in [3.05, 3.63) is 5.82 Å². The molecule has 0 aromatic carbocycles. The van der Waals surface area contributed by atoms with E-state index in [-0.39, 0.29) is 11.4 Å². The molecule has 26 heavy (non-hydrogen) atoms. The van der Waals surface area contributed by atoms with Crippen molar-refractivity contribution < 1.29 is 9.53 Å². The van der Waals surface area contributed by atoms with Gasteiger partial charge in [0.15, 0.2) is 5.82 Å². The Bertz CT molecular complexity index is 598. The number of nitrogens with zero attached hydrogens (tertiary/aromatic N) is 6. The normalized spacial score (nSPS) is 24.1. The van der Waals surface area contributed by atoms with E-state index in [4.69, 9.17) is 4.74 Å². The molecule has 1 amide bonds. The minimum absolute atomic E-state index is 0.275. The van der Waals surface area contributed by atoms with Crippen LogP contribution in [0.1, 0.15) is 50.8 Å². The molecular weight excluding hydrogens is 332 g/mol. The van der Waals surface area contributed by atoms with Crippen LogP contribution in [0.4, 0.5) is 0 Å². The smallest absolute Gasteiger partial charge is 0.222 e. The summed E-state index contributed by atoms with van der Waals surface area (Å²) in [5.74, 6) is 1.85. The highest BCUT2D eigenvalue weighted by atomic mass is 16.5. The standard InChI is InChI=1S/C18H32N6O2/c1-22(2)18(17-19-20-21-24(17)12-13-26-3)10-11-23(14-18)16(25)9-8-15-6-4-5-7-15/h15H,4-14H2,1-3H3. The molecule has 1 aromatic heterocycles. The van der Waals surface area contributed by atoms with E-state index in [1.165, 1.54) is 25.7 Å². The first-order valence-electron chi connectivity index (χ1n) is 9.77. The number of rotatable bonds is 8. The van der Waals surface area contributed by atoms with Crippen LogP contribution in [-0.2, 0) is 21.6 Å². The fourth-order valence-corrected chi connectivity index (χ4v) is 4.41. The van der Waals surface area contributed by atoms with Crippen molar-refractivity contribution >= 4 is 5.91 Å². The van der Waals surface area contributed by atoms with Gasteiger partial charge >= 0.3 is 0 Å². The highest BCUT2D eigenvalue weighted by Gasteiger charge is 2.47. The lowest BCUT2D eigenvalue weighted by Gasteiger charge is -2.34. The molecule has 1 aliphatic carbocycles. The first kappa shape index (κ1) is 19.2. The fraction of sp³-hybridized carbons (Fsp3) is 0.889. The maximum Gasteiger partial charge on any atom is 0.222 e. The molecule has 1 unspecified atom stereocenters. The largest absolute Gasteiger partial charge is 0.383 e. The van der Waals surface area contributed by atoms with Gasteiger partial charge in [-0.25, -0.2) is 4.68 Å². The summed E-state index contributed by atoms with van der Waals surface area (Å²) in [6.45, 7) is 2.59. The Morgan fingerprint density at radius 1 is 1.35 bits per heavy atom. The van der Waals surface area contributed by atoms with Crippen LogP contribution >= 0.6 is 0 Å². The number of amides is 1. The monoisotopic (exact) mass is 364 g/mol. The molecule has 1 aromatic rings. The van der Waals surface area contributed by atoms with Crippen molar-refractivity contribution in [2.24, 2.45) is 5.92 Å². The number of likely N-dealkylation sites (tertiary alicyclic amines) is 1. The highest BCUT2D eigenvalue weighted by Crippen LogP contribution is 2.36. The lowest BCUT2D eigenvalue weighted by molar-refractivity contribution is -0.131. The number of likely N-dealkylation sites (N-methyl/N-ethyl adjacent to an activating group) is 1. The third kappa shape index (κ3) is 3.91. The lowest BCUT2D eigenvalue weighted by Crippen LogP contribution is -2.47. The van der Waals surface area contributed by atoms with Gasteiger partial charge in [-0.05, 0) is 43.3 Å². The van der Waals surface area contributed by atoms with Crippen LogP contribution in [0.3, 0.4) is 0 Å². The van der Waals surface area contributed by atoms with Gasteiger partial charge in [-0.2, -0.15) is 0 Å². The second-order valence-corrected chi connectivity index (χ2v) is 7.90. The Balaban J connectivity index is 1.67. The Hall–Kier alpha value is -1.54. The van der Waals surface area contributed by atoms with Gasteiger partial charge in [0.25, 0.3) is 0 Å². The van der Waals surface area contributed by atoms with Crippen LogP contribution in [0.25, 0.3) is 0 Å². The third-order valence-corrected chi connectivity index (χ3v) is 6.15. The van der Waals surface area contributed by atoms with Crippen LogP contribution in [-0.4, -0.2) is 76.8 Å². The number of hydrogen-bond donors (Lipinski definition) is 0. The van der Waals surface area contributed by atoms with E-state index in [0.29, 0.717) is 26.1 Å². The molecule has 0 spiro atoms. The molecule has 2 heterocycles. The van der Waals surface area contributed by atoms with Crippen molar-refractivity contribution in [2.45, 2.75) is 57.0 Å². The summed E-state index contributed by atoms with van der Waals surface area (Å²) in [6, 6.07) is 0. The first-order chi connectivity index (χ1) is 12.6. The molecule has 0 N–H and O–H groups in total. The number of methoxy groups -OCH3 is 1. The van der Waals surface area contributed by atoms with Gasteiger partial charge in [0.1, 0.15) is 5.54 Å². The zero-order valence-electron chi connectivity index (χ0n) is 16.4. The van der Waals surface area contributed by atoms with Gasteiger partial charge in [0.05, 0.1) is 13.2 Å². The molecule has 1 aliphatic heterocycles. The number of carbonyl (C=O) groups excluding carboxylic acids is 1. The molecule has 1 atom stereocenters. The van der Waals surface area contributed by atoms with Gasteiger partial charge in [-0.15, -0.1) is 5.10 Å². The maximum atomic E-state index is 12.8. The lowest BCUT2D eigenvalue weighted by atomic mass is 9.95. The highest BCUT2D eigenvalue weighted by molar-refractivity contribution is 5.76. The molecule has 8 heteroatoms. The van der Waals surface area contributed by atoms with Crippen LogP contribution in [0, 0.1) is 5.92 Å². The Labute approximate surface area is 155 Å². The van der Waals surface area contributed by atoms with Gasteiger partial charge in [-0.1, -0.05) is 25.7 Å². The van der Waals surface area contributed by atoms with Gasteiger partial charge in [-0.3, -0.25) is 9.69 Å². The van der Waals surface area contributed by atoms with Crippen molar-refractivity contribution in [3.63, 3.8) is 0 Å². The number of ether oxygens (including phenoxy) is 1. The predicted molar refractivity (Wildman–Crippen MR) is 97.4 cm³/mol. The summed E-state index contributed by atoms with van der Waals surface area (Å²) in [6.07, 6.45) is 7.81. The minimum atomic E-state index is -0.333. The SMILES string of the molecule is COCCn1nnnc1C1(N(C)C)CCN(C(=O)CCC2CCCC2)C1. The van der Waals surface area contributed by atoms with E-state index in [0.717, 1.165) is 31.1 Å². The molecule has 0 radical (unpaired) electrons. The van der Waals surface area contributed by atoms with E-state index in [2.05, 4.69) is 20.4 Å². The van der Waals surface area contributed by atoms with Gasteiger partial charge < -0.3 is 9.64 Å². The summed E-state index contributed by atoms with van der Waals surface area (Å²) < 4.78 is 6.99. The molecule has 2 aliphatic rings. The summed E-state index contributed by atoms with van der Waals surface area (Å²) >= 11 is 0. The zero-order valence-corrected chi connectivity index (χ0v) is 16.4. The number of aromatic nitrogens is 4. The van der Waals surface area contributed by atoms with Crippen molar-refractivity contribution in [1.29, 1.82) is 0 Å². The van der Waals surface area contributed by atoms with Crippen LogP contribution in [0.15, 0.2) is 0 Å². The van der Waals surface area contributed by atoms with Crippen LogP contribution in [0.2, 0.25) is 0 Å². The topological polar surface area (TPSA) is 76.4 Å². The quantitative estimate of drug-likeness (QED) is 0.692. The average Bonchev–Trinajstić information content (AvgIpc) is 3.38.